The highest BCUT2D eigenvalue weighted by atomic mass is 32.2. The van der Waals surface area contributed by atoms with Crippen LogP contribution >= 0.6 is 0 Å². The van der Waals surface area contributed by atoms with E-state index in [2.05, 4.69) is 0 Å². The molecule has 0 radical (unpaired) electrons. The Morgan fingerprint density at radius 3 is 2.48 bits per heavy atom. The van der Waals surface area contributed by atoms with Crippen molar-refractivity contribution in [2.75, 3.05) is 34.2 Å². The molecule has 0 N–H and O–H groups in total. The van der Waals surface area contributed by atoms with Crippen LogP contribution in [0.4, 0.5) is 0 Å². The Hall–Kier alpha value is -1.44. The first-order valence-electron chi connectivity index (χ1n) is 7.79. The predicted octanol–water partition coefficient (Wildman–Crippen LogP) is 1.16. The maximum absolute atomic E-state index is 12.6. The third-order valence-corrected chi connectivity index (χ3v) is 6.07. The Kier molecular flexibility index (Phi) is 5.78. The molecule has 1 aliphatic heterocycles. The van der Waals surface area contributed by atoms with Crippen molar-refractivity contribution in [1.82, 2.24) is 13.5 Å². The van der Waals surface area contributed by atoms with Crippen molar-refractivity contribution in [2.24, 2.45) is 5.92 Å². The molecule has 1 fully saturated rings. The summed E-state index contributed by atoms with van der Waals surface area (Å²) in [5.41, 5.74) is 1.07. The van der Waals surface area contributed by atoms with E-state index < -0.39 is 10.2 Å². The molecule has 6 nitrogen and oxygen atoms in total. The fourth-order valence-corrected chi connectivity index (χ4v) is 4.02. The molecule has 0 aromatic heterocycles. The van der Waals surface area contributed by atoms with E-state index in [9.17, 15) is 13.2 Å². The largest absolute Gasteiger partial charge is 0.341 e. The fraction of sp³-hybridized carbons (Fsp3) is 0.562. The van der Waals surface area contributed by atoms with E-state index in [0.717, 1.165) is 12.0 Å². The Morgan fingerprint density at radius 2 is 1.87 bits per heavy atom. The lowest BCUT2D eigenvalue weighted by atomic mass is 9.98. The summed E-state index contributed by atoms with van der Waals surface area (Å²) in [5.74, 6) is -0.264. The van der Waals surface area contributed by atoms with Crippen LogP contribution in [0, 0.1) is 5.92 Å². The van der Waals surface area contributed by atoms with Gasteiger partial charge in [-0.1, -0.05) is 30.3 Å². The third kappa shape index (κ3) is 4.31. The van der Waals surface area contributed by atoms with Gasteiger partial charge in [-0.2, -0.15) is 17.0 Å². The molecule has 23 heavy (non-hydrogen) atoms. The topological polar surface area (TPSA) is 60.9 Å². The number of benzene rings is 1. The number of hydrogen-bond acceptors (Lipinski definition) is 3. The number of nitrogens with zero attached hydrogens (tertiary/aromatic N) is 3. The first-order valence-corrected chi connectivity index (χ1v) is 9.18. The van der Waals surface area contributed by atoms with Gasteiger partial charge in [0.05, 0.1) is 5.92 Å². The number of piperidine rings is 1. The van der Waals surface area contributed by atoms with E-state index in [1.807, 2.05) is 30.3 Å². The van der Waals surface area contributed by atoms with Crippen molar-refractivity contribution < 1.29 is 13.2 Å². The molecule has 1 aromatic carbocycles. The van der Waals surface area contributed by atoms with Gasteiger partial charge in [0.15, 0.2) is 0 Å². The maximum atomic E-state index is 12.6. The molecule has 0 spiro atoms. The first-order chi connectivity index (χ1) is 10.8. The summed E-state index contributed by atoms with van der Waals surface area (Å²) in [7, 11) is 1.35. The van der Waals surface area contributed by atoms with Crippen molar-refractivity contribution in [2.45, 2.75) is 19.4 Å². The van der Waals surface area contributed by atoms with E-state index in [1.165, 1.54) is 22.7 Å². The normalized spacial score (nSPS) is 19.7. The second kappa shape index (κ2) is 7.42. The van der Waals surface area contributed by atoms with Crippen molar-refractivity contribution in [3.63, 3.8) is 0 Å². The van der Waals surface area contributed by atoms with Gasteiger partial charge in [0.2, 0.25) is 5.91 Å². The molecule has 1 aromatic rings. The summed E-state index contributed by atoms with van der Waals surface area (Å²) in [4.78, 5) is 14.3. The van der Waals surface area contributed by atoms with Gasteiger partial charge in [-0.05, 0) is 18.4 Å². The maximum Gasteiger partial charge on any atom is 0.281 e. The highest BCUT2D eigenvalue weighted by molar-refractivity contribution is 7.86. The molecule has 0 unspecified atom stereocenters. The molecule has 128 valence electrons. The standard InChI is InChI=1S/C16H25N3O3S/c1-17(2)23(21,22)19-11-7-10-15(13-19)16(20)18(3)12-14-8-5-4-6-9-14/h4-6,8-9,15H,7,10-13H2,1-3H3/t15-/m0/s1. The van der Waals surface area contributed by atoms with Gasteiger partial charge in [0.25, 0.3) is 10.2 Å². The second-order valence-electron chi connectivity index (χ2n) is 6.17. The molecule has 2 rings (SSSR count). The van der Waals surface area contributed by atoms with Crippen LogP contribution in [0.3, 0.4) is 0 Å². The van der Waals surface area contributed by atoms with Crippen LogP contribution in [-0.4, -0.2) is 62.1 Å². The Bertz CT molecular complexity index is 631. The summed E-state index contributed by atoms with van der Waals surface area (Å²) < 4.78 is 27.1. The summed E-state index contributed by atoms with van der Waals surface area (Å²) in [6, 6.07) is 9.79. The first kappa shape index (κ1) is 17.9. The van der Waals surface area contributed by atoms with Gasteiger partial charge in [0.1, 0.15) is 0 Å². The van der Waals surface area contributed by atoms with Crippen LogP contribution in [-0.2, 0) is 21.5 Å². The zero-order valence-corrected chi connectivity index (χ0v) is 14.8. The van der Waals surface area contributed by atoms with E-state index in [4.69, 9.17) is 0 Å². The summed E-state index contributed by atoms with van der Waals surface area (Å²) >= 11 is 0. The number of carbonyl (C=O) groups is 1. The van der Waals surface area contributed by atoms with Crippen molar-refractivity contribution in [3.8, 4) is 0 Å². The number of amides is 1. The number of carbonyl (C=O) groups excluding carboxylic acids is 1. The second-order valence-corrected chi connectivity index (χ2v) is 8.31. The smallest absolute Gasteiger partial charge is 0.281 e. The van der Waals surface area contributed by atoms with Crippen molar-refractivity contribution in [3.05, 3.63) is 35.9 Å². The van der Waals surface area contributed by atoms with Gasteiger partial charge >= 0.3 is 0 Å². The monoisotopic (exact) mass is 339 g/mol. The van der Waals surface area contributed by atoms with Crippen molar-refractivity contribution in [1.29, 1.82) is 0 Å². The minimum atomic E-state index is -3.46. The molecule has 1 heterocycles. The molecular formula is C16H25N3O3S. The average Bonchev–Trinajstić information content (AvgIpc) is 2.55. The van der Waals surface area contributed by atoms with Crippen LogP contribution in [0.1, 0.15) is 18.4 Å². The van der Waals surface area contributed by atoms with Crippen LogP contribution in [0.5, 0.6) is 0 Å². The van der Waals surface area contributed by atoms with E-state index in [1.54, 1.807) is 11.9 Å². The Morgan fingerprint density at radius 1 is 1.22 bits per heavy atom. The van der Waals surface area contributed by atoms with Gasteiger partial charge in [-0.25, -0.2) is 0 Å². The summed E-state index contributed by atoms with van der Waals surface area (Å²) in [5, 5.41) is 0. The van der Waals surface area contributed by atoms with Gasteiger partial charge in [0, 0.05) is 40.8 Å². The molecule has 0 bridgehead atoms. The van der Waals surface area contributed by atoms with Crippen molar-refractivity contribution >= 4 is 16.1 Å². The minimum absolute atomic E-state index is 0.00695. The molecule has 0 saturated carbocycles. The highest BCUT2D eigenvalue weighted by Crippen LogP contribution is 2.22. The van der Waals surface area contributed by atoms with Crippen LogP contribution in [0.2, 0.25) is 0 Å². The quantitative estimate of drug-likeness (QED) is 0.809. The average molecular weight is 339 g/mol. The van der Waals surface area contributed by atoms with Crippen LogP contribution in [0.25, 0.3) is 0 Å². The van der Waals surface area contributed by atoms with Gasteiger partial charge in [-0.3, -0.25) is 4.79 Å². The zero-order valence-electron chi connectivity index (χ0n) is 14.0. The SMILES string of the molecule is CN(Cc1ccccc1)C(=O)[C@H]1CCCN(S(=O)(=O)N(C)C)C1. The molecule has 7 heteroatoms. The summed E-state index contributed by atoms with van der Waals surface area (Å²) in [6.45, 7) is 1.28. The lowest BCUT2D eigenvalue weighted by Gasteiger charge is -2.34. The van der Waals surface area contributed by atoms with E-state index in [-0.39, 0.29) is 18.4 Å². The van der Waals surface area contributed by atoms with E-state index >= 15 is 0 Å². The third-order valence-electron chi connectivity index (χ3n) is 4.16. The molecular weight excluding hydrogens is 314 g/mol. The van der Waals surface area contributed by atoms with Gasteiger partial charge < -0.3 is 4.90 Å². The molecule has 0 aliphatic carbocycles. The number of hydrogen-bond donors (Lipinski definition) is 0. The summed E-state index contributed by atoms with van der Waals surface area (Å²) in [6.07, 6.45) is 1.44. The van der Waals surface area contributed by atoms with Crippen LogP contribution < -0.4 is 0 Å². The minimum Gasteiger partial charge on any atom is -0.341 e. The van der Waals surface area contributed by atoms with Gasteiger partial charge in [-0.15, -0.1) is 0 Å². The molecule has 1 aliphatic rings. The molecule has 1 saturated heterocycles. The predicted molar refractivity (Wildman–Crippen MR) is 89.8 cm³/mol. The lowest BCUT2D eigenvalue weighted by molar-refractivity contribution is -0.135. The zero-order chi connectivity index (χ0) is 17.0. The molecule has 1 amide bonds. The Balaban J connectivity index is 2.02. The Labute approximate surface area is 138 Å². The van der Waals surface area contributed by atoms with E-state index in [0.29, 0.717) is 19.5 Å². The lowest BCUT2D eigenvalue weighted by Crippen LogP contribution is -2.48. The number of rotatable bonds is 5. The fourth-order valence-electron chi connectivity index (χ4n) is 2.83. The highest BCUT2D eigenvalue weighted by Gasteiger charge is 2.34. The van der Waals surface area contributed by atoms with Crippen LogP contribution in [0.15, 0.2) is 30.3 Å². The molecule has 1 atom stereocenters.